The van der Waals surface area contributed by atoms with E-state index in [1.165, 1.54) is 0 Å². The number of aromatic amines is 1. The molecule has 9 nitrogen and oxygen atoms in total. The molecule has 9 heteroatoms. The fraction of sp³-hybridized carbons (Fsp3) is 0.273. The molecule has 42 heavy (non-hydrogen) atoms. The number of nitrogens with two attached hydrogens (primary N) is 1. The Morgan fingerprint density at radius 1 is 1.07 bits per heavy atom. The predicted molar refractivity (Wildman–Crippen MR) is 158 cm³/mol. The number of para-hydroxylation sites is 1. The standard InChI is InChI=1S/C33H34N4O5/c1-19-28(32(40)37-27-11-7-8-14-35-27)29(30-23(36-19)16-33(2,3)17-24(30)38)20-12-13-25(41-4)21(15-20)18-42-26-10-6-5-9-22(26)31(34)39/h5-15,29,36H,16-18H2,1-4H3,(H2,34,39)(H,35,37,40)/p+1. The molecule has 1 aliphatic heterocycles. The van der Waals surface area contributed by atoms with E-state index in [1.807, 2.05) is 37.3 Å². The van der Waals surface area contributed by atoms with Crippen molar-refractivity contribution in [3.05, 3.63) is 106 Å². The van der Waals surface area contributed by atoms with Crippen LogP contribution in [0.3, 0.4) is 0 Å². The van der Waals surface area contributed by atoms with E-state index < -0.39 is 11.8 Å². The Kier molecular flexibility index (Phi) is 7.85. The lowest BCUT2D eigenvalue weighted by Crippen LogP contribution is -2.39. The molecule has 0 spiro atoms. The average Bonchev–Trinajstić information content (AvgIpc) is 2.95. The number of hydrogen-bond acceptors (Lipinski definition) is 6. The minimum absolute atomic E-state index is 0.00632. The first-order valence-electron chi connectivity index (χ1n) is 13.8. The maximum absolute atomic E-state index is 13.8. The van der Waals surface area contributed by atoms with Gasteiger partial charge in [0, 0.05) is 40.9 Å². The number of hydrogen-bond donors (Lipinski definition) is 3. The van der Waals surface area contributed by atoms with Crippen molar-refractivity contribution in [3.8, 4) is 11.5 Å². The summed E-state index contributed by atoms with van der Waals surface area (Å²) in [5.74, 6) is -0.0619. The van der Waals surface area contributed by atoms with E-state index in [0.29, 0.717) is 52.6 Å². The molecule has 0 bridgehead atoms. The van der Waals surface area contributed by atoms with Crippen LogP contribution in [-0.2, 0) is 16.2 Å². The molecule has 216 valence electrons. The van der Waals surface area contributed by atoms with E-state index in [1.54, 1.807) is 43.6 Å². The molecule has 2 amide bonds. The number of nitrogens with one attached hydrogen (secondary N) is 3. The van der Waals surface area contributed by atoms with E-state index in [2.05, 4.69) is 29.5 Å². The molecule has 0 radical (unpaired) electrons. The van der Waals surface area contributed by atoms with Gasteiger partial charge in [0.15, 0.2) is 5.78 Å². The van der Waals surface area contributed by atoms with Crippen LogP contribution in [0.25, 0.3) is 0 Å². The first kappa shape index (κ1) is 28.6. The Balaban J connectivity index is 1.58. The minimum Gasteiger partial charge on any atom is -0.496 e. The Morgan fingerprint density at radius 3 is 2.55 bits per heavy atom. The second kappa shape index (κ2) is 11.5. The van der Waals surface area contributed by atoms with Gasteiger partial charge in [-0.25, -0.2) is 15.1 Å². The topological polar surface area (TPSA) is 134 Å². The molecule has 2 aromatic carbocycles. The van der Waals surface area contributed by atoms with Gasteiger partial charge in [-0.15, -0.1) is 0 Å². The number of Topliss-reactive ketones (excluding diaryl/α,β-unsaturated/α-hetero) is 1. The van der Waals surface area contributed by atoms with Gasteiger partial charge in [-0.1, -0.05) is 38.1 Å². The Hall–Kier alpha value is -4.92. The molecule has 1 unspecified atom stereocenters. The number of ether oxygens (including phenoxy) is 2. The smallest absolute Gasteiger partial charge is 0.337 e. The second-order valence-electron chi connectivity index (χ2n) is 11.4. The van der Waals surface area contributed by atoms with Gasteiger partial charge in [0.1, 0.15) is 18.1 Å². The number of carbonyl (C=O) groups excluding carboxylic acids is 3. The third kappa shape index (κ3) is 5.76. The van der Waals surface area contributed by atoms with Gasteiger partial charge in [-0.3, -0.25) is 9.59 Å². The number of rotatable bonds is 8. The van der Waals surface area contributed by atoms with Gasteiger partial charge < -0.3 is 20.5 Å². The SMILES string of the molecule is COc1ccc(C2C(C(=O)Nc3cccc[nH+]3)=C(C)NC3=C2C(=O)CC(C)(C)C3)cc1COc1ccccc1C(N)=O. The number of amides is 2. The van der Waals surface area contributed by atoms with Crippen molar-refractivity contribution >= 4 is 23.4 Å². The summed E-state index contributed by atoms with van der Waals surface area (Å²) in [6, 6.07) is 17.8. The van der Waals surface area contributed by atoms with Crippen LogP contribution in [-0.4, -0.2) is 24.7 Å². The lowest BCUT2D eigenvalue weighted by Gasteiger charge is -2.39. The number of H-pyrrole nitrogens is 1. The van der Waals surface area contributed by atoms with E-state index in [4.69, 9.17) is 15.2 Å². The van der Waals surface area contributed by atoms with Crippen molar-refractivity contribution < 1.29 is 28.8 Å². The lowest BCUT2D eigenvalue weighted by molar-refractivity contribution is -0.360. The lowest BCUT2D eigenvalue weighted by atomic mass is 9.68. The maximum atomic E-state index is 13.8. The van der Waals surface area contributed by atoms with Crippen LogP contribution in [0.1, 0.15) is 61.0 Å². The summed E-state index contributed by atoms with van der Waals surface area (Å²) in [6.45, 7) is 6.08. The quantitative estimate of drug-likeness (QED) is 0.369. The number of allylic oxidation sites excluding steroid dienone is 3. The summed E-state index contributed by atoms with van der Waals surface area (Å²) in [6.07, 6.45) is 2.78. The number of primary amides is 1. The highest BCUT2D eigenvalue weighted by atomic mass is 16.5. The van der Waals surface area contributed by atoms with Gasteiger partial charge in [-0.2, -0.15) is 0 Å². The zero-order valence-corrected chi connectivity index (χ0v) is 24.2. The maximum Gasteiger partial charge on any atom is 0.337 e. The molecule has 0 saturated carbocycles. The fourth-order valence-corrected chi connectivity index (χ4v) is 5.77. The van der Waals surface area contributed by atoms with Crippen LogP contribution >= 0.6 is 0 Å². The molecule has 0 saturated heterocycles. The molecule has 5 rings (SSSR count). The van der Waals surface area contributed by atoms with Gasteiger partial charge in [0.25, 0.3) is 11.7 Å². The number of aromatic nitrogens is 1. The monoisotopic (exact) mass is 567 g/mol. The first-order valence-corrected chi connectivity index (χ1v) is 13.8. The van der Waals surface area contributed by atoms with Crippen molar-refractivity contribution in [2.45, 2.75) is 46.1 Å². The van der Waals surface area contributed by atoms with Crippen molar-refractivity contribution in [1.29, 1.82) is 0 Å². The summed E-state index contributed by atoms with van der Waals surface area (Å²) in [5, 5.41) is 6.35. The van der Waals surface area contributed by atoms with Crippen molar-refractivity contribution in [1.82, 2.24) is 5.32 Å². The normalized spacial score (nSPS) is 17.7. The molecule has 0 fully saturated rings. The highest BCUT2D eigenvalue weighted by Crippen LogP contribution is 2.47. The number of ketones is 1. The number of pyridine rings is 1. The molecule has 3 aromatic rings. The number of carbonyl (C=O) groups is 3. The molecule has 5 N–H and O–H groups in total. The number of dihydropyridines is 1. The summed E-state index contributed by atoms with van der Waals surface area (Å²) < 4.78 is 11.7. The van der Waals surface area contributed by atoms with Crippen molar-refractivity contribution in [2.24, 2.45) is 11.1 Å². The van der Waals surface area contributed by atoms with Crippen molar-refractivity contribution in [3.63, 3.8) is 0 Å². The third-order valence-corrected chi connectivity index (χ3v) is 7.62. The van der Waals surface area contributed by atoms with E-state index in [0.717, 1.165) is 11.3 Å². The summed E-state index contributed by atoms with van der Waals surface area (Å²) >= 11 is 0. The predicted octanol–water partition coefficient (Wildman–Crippen LogP) is 4.43. The Bertz CT molecular complexity index is 1620. The highest BCUT2D eigenvalue weighted by Gasteiger charge is 2.43. The largest absolute Gasteiger partial charge is 0.496 e. The van der Waals surface area contributed by atoms with Crippen LogP contribution in [0, 0.1) is 5.41 Å². The summed E-state index contributed by atoms with van der Waals surface area (Å²) in [4.78, 5) is 42.5. The number of benzene rings is 2. The van der Waals surface area contributed by atoms with Crippen LogP contribution in [0.5, 0.6) is 11.5 Å². The van der Waals surface area contributed by atoms with Crippen LogP contribution in [0.15, 0.2) is 89.4 Å². The highest BCUT2D eigenvalue weighted by molar-refractivity contribution is 6.09. The van der Waals surface area contributed by atoms with Gasteiger partial charge in [0.2, 0.25) is 0 Å². The van der Waals surface area contributed by atoms with E-state index in [-0.39, 0.29) is 29.3 Å². The van der Waals surface area contributed by atoms with Gasteiger partial charge >= 0.3 is 5.91 Å². The Labute approximate surface area is 244 Å². The van der Waals surface area contributed by atoms with E-state index in [9.17, 15) is 14.4 Å². The Morgan fingerprint density at radius 2 is 1.83 bits per heavy atom. The van der Waals surface area contributed by atoms with Crippen LogP contribution in [0.4, 0.5) is 5.82 Å². The molecular formula is C33H35N4O5+. The fourth-order valence-electron chi connectivity index (χ4n) is 5.77. The second-order valence-corrected chi connectivity index (χ2v) is 11.4. The minimum atomic E-state index is -0.615. The zero-order chi connectivity index (χ0) is 30.0. The first-order chi connectivity index (χ1) is 20.1. The van der Waals surface area contributed by atoms with Gasteiger partial charge in [0.05, 0.1) is 24.4 Å². The average molecular weight is 568 g/mol. The molecular weight excluding hydrogens is 532 g/mol. The molecule has 1 aromatic heterocycles. The van der Waals surface area contributed by atoms with Crippen molar-refractivity contribution in [2.75, 3.05) is 12.4 Å². The molecule has 1 aliphatic carbocycles. The number of anilines is 1. The van der Waals surface area contributed by atoms with Crippen LogP contribution in [0.2, 0.25) is 0 Å². The summed E-state index contributed by atoms with van der Waals surface area (Å²) in [7, 11) is 1.56. The third-order valence-electron chi connectivity index (χ3n) is 7.62. The van der Waals surface area contributed by atoms with E-state index >= 15 is 0 Å². The molecule has 2 heterocycles. The molecule has 2 aliphatic rings. The van der Waals surface area contributed by atoms with Gasteiger partial charge in [-0.05, 0) is 54.7 Å². The summed E-state index contributed by atoms with van der Waals surface area (Å²) in [5.41, 5.74) is 9.60. The zero-order valence-electron chi connectivity index (χ0n) is 24.2. The number of methoxy groups -OCH3 is 1. The molecule has 1 atom stereocenters. The van der Waals surface area contributed by atoms with Crippen LogP contribution < -0.4 is 30.8 Å².